The van der Waals surface area contributed by atoms with E-state index in [9.17, 15) is 4.39 Å². The topological polar surface area (TPSA) is 86.7 Å². The second-order valence-corrected chi connectivity index (χ2v) is 6.00. The third-order valence-electron chi connectivity index (χ3n) is 4.15. The van der Waals surface area contributed by atoms with Gasteiger partial charge in [0.05, 0.1) is 32.8 Å². The number of halogens is 2. The molecule has 0 saturated carbocycles. The smallest absolute Gasteiger partial charge is 0.189 e. The van der Waals surface area contributed by atoms with Crippen LogP contribution in [-0.4, -0.2) is 29.7 Å². The fourth-order valence-corrected chi connectivity index (χ4v) is 2.68. The van der Waals surface area contributed by atoms with Gasteiger partial charge in [-0.15, -0.1) is 24.0 Å². The highest BCUT2D eigenvalue weighted by molar-refractivity contribution is 14.0. The van der Waals surface area contributed by atoms with E-state index in [0.29, 0.717) is 23.7 Å². The van der Waals surface area contributed by atoms with Crippen LogP contribution in [0.15, 0.2) is 60.1 Å². The van der Waals surface area contributed by atoms with E-state index in [1.54, 1.807) is 43.6 Å². The molecule has 0 spiro atoms. The van der Waals surface area contributed by atoms with Crippen LogP contribution in [0.2, 0.25) is 0 Å². The molecule has 0 fully saturated rings. The second kappa shape index (κ2) is 10.6. The molecule has 0 amide bonds. The first-order valence-corrected chi connectivity index (χ1v) is 8.62. The van der Waals surface area contributed by atoms with Crippen molar-refractivity contribution in [2.45, 2.75) is 13.1 Å². The number of benzene rings is 2. The Hall–Kier alpha value is -2.82. The maximum absolute atomic E-state index is 14.3. The van der Waals surface area contributed by atoms with E-state index in [1.807, 2.05) is 24.3 Å². The van der Waals surface area contributed by atoms with Crippen LogP contribution in [-0.2, 0) is 13.1 Å². The van der Waals surface area contributed by atoms with Gasteiger partial charge in [0.2, 0.25) is 0 Å². The molecule has 0 radical (unpaired) electrons. The lowest BCUT2D eigenvalue weighted by Crippen LogP contribution is -2.31. The van der Waals surface area contributed by atoms with Gasteiger partial charge in [0, 0.05) is 18.9 Å². The number of methoxy groups -OCH3 is 2. The minimum absolute atomic E-state index is 0. The zero-order valence-corrected chi connectivity index (χ0v) is 18.5. The van der Waals surface area contributed by atoms with Crippen molar-refractivity contribution in [3.05, 3.63) is 72.1 Å². The van der Waals surface area contributed by atoms with Crippen molar-refractivity contribution in [2.24, 2.45) is 10.7 Å². The average molecular weight is 511 g/mol. The molecule has 0 bridgehead atoms. The lowest BCUT2D eigenvalue weighted by Gasteiger charge is -2.11. The normalized spacial score (nSPS) is 10.9. The van der Waals surface area contributed by atoms with E-state index in [0.717, 1.165) is 11.1 Å². The Morgan fingerprint density at radius 1 is 1.14 bits per heavy atom. The van der Waals surface area contributed by atoms with Crippen molar-refractivity contribution in [3.63, 3.8) is 0 Å². The van der Waals surface area contributed by atoms with Crippen LogP contribution in [0.4, 0.5) is 4.39 Å². The molecule has 0 unspecified atom stereocenters. The first-order valence-electron chi connectivity index (χ1n) is 8.62. The van der Waals surface area contributed by atoms with Crippen LogP contribution in [0.3, 0.4) is 0 Å². The zero-order chi connectivity index (χ0) is 19.9. The number of hydrogen-bond acceptors (Lipinski definition) is 4. The molecular weight excluding hydrogens is 488 g/mol. The summed E-state index contributed by atoms with van der Waals surface area (Å²) in [4.78, 5) is 8.18. The van der Waals surface area contributed by atoms with E-state index >= 15 is 0 Å². The molecule has 1 aromatic heterocycles. The first-order chi connectivity index (χ1) is 13.6. The van der Waals surface area contributed by atoms with Crippen molar-refractivity contribution < 1.29 is 13.9 Å². The Kier molecular flexibility index (Phi) is 8.25. The van der Waals surface area contributed by atoms with Crippen molar-refractivity contribution in [3.8, 4) is 17.2 Å². The summed E-state index contributed by atoms with van der Waals surface area (Å²) >= 11 is 0. The standard InChI is InChI=1S/C20H22FN5O2.HI/c1-27-18-6-4-15(10-19(18)28-2)12-25-20(22)24-11-14-3-5-17(16(21)9-14)26-8-7-23-13-26;/h3-10,13H,11-12H2,1-2H3,(H3,22,24,25);1H. The van der Waals surface area contributed by atoms with Gasteiger partial charge in [-0.1, -0.05) is 12.1 Å². The number of rotatable bonds is 7. The average Bonchev–Trinajstić information content (AvgIpc) is 3.25. The molecule has 3 rings (SSSR count). The monoisotopic (exact) mass is 511 g/mol. The van der Waals surface area contributed by atoms with Gasteiger partial charge in [-0.2, -0.15) is 0 Å². The Morgan fingerprint density at radius 3 is 2.55 bits per heavy atom. The molecular formula is C20H23FIN5O2. The number of guanidine groups is 1. The number of nitrogens with one attached hydrogen (secondary N) is 1. The molecule has 1 heterocycles. The largest absolute Gasteiger partial charge is 0.493 e. The molecule has 2 aromatic carbocycles. The quantitative estimate of drug-likeness (QED) is 0.289. The van der Waals surface area contributed by atoms with Gasteiger partial charge in [0.15, 0.2) is 17.5 Å². The van der Waals surface area contributed by atoms with E-state index in [-0.39, 0.29) is 42.3 Å². The molecule has 3 aromatic rings. The van der Waals surface area contributed by atoms with Crippen LogP contribution in [0.25, 0.3) is 5.69 Å². The minimum Gasteiger partial charge on any atom is -0.493 e. The summed E-state index contributed by atoms with van der Waals surface area (Å²) in [5, 5.41) is 3.03. The molecule has 0 aliphatic heterocycles. The van der Waals surface area contributed by atoms with Gasteiger partial charge < -0.3 is 25.1 Å². The fourth-order valence-electron chi connectivity index (χ4n) is 2.68. The van der Waals surface area contributed by atoms with Crippen molar-refractivity contribution >= 4 is 29.9 Å². The Labute approximate surface area is 185 Å². The van der Waals surface area contributed by atoms with Gasteiger partial charge in [-0.3, -0.25) is 0 Å². The number of imidazole rings is 1. The summed E-state index contributed by atoms with van der Waals surface area (Å²) in [5.41, 5.74) is 8.04. The molecule has 29 heavy (non-hydrogen) atoms. The molecule has 0 aliphatic rings. The summed E-state index contributed by atoms with van der Waals surface area (Å²) in [5.74, 6) is 1.23. The summed E-state index contributed by atoms with van der Waals surface area (Å²) < 4.78 is 26.4. The molecule has 0 aliphatic carbocycles. The molecule has 9 heteroatoms. The van der Waals surface area contributed by atoms with Crippen LogP contribution in [0, 0.1) is 5.82 Å². The maximum Gasteiger partial charge on any atom is 0.189 e. The number of ether oxygens (including phenoxy) is 2. The molecule has 154 valence electrons. The first kappa shape index (κ1) is 22.5. The highest BCUT2D eigenvalue weighted by Gasteiger charge is 2.06. The van der Waals surface area contributed by atoms with Crippen molar-refractivity contribution in [1.82, 2.24) is 14.9 Å². The van der Waals surface area contributed by atoms with Gasteiger partial charge in [-0.05, 0) is 35.4 Å². The van der Waals surface area contributed by atoms with Crippen molar-refractivity contribution in [1.29, 1.82) is 0 Å². The Balaban J connectivity index is 0.00000300. The Morgan fingerprint density at radius 2 is 1.90 bits per heavy atom. The summed E-state index contributed by atoms with van der Waals surface area (Å²) in [6, 6.07) is 10.5. The van der Waals surface area contributed by atoms with Crippen LogP contribution in [0.1, 0.15) is 11.1 Å². The zero-order valence-electron chi connectivity index (χ0n) is 16.1. The second-order valence-electron chi connectivity index (χ2n) is 6.00. The SMILES string of the molecule is COc1ccc(CNC(N)=NCc2ccc(-n3ccnc3)c(F)c2)cc1OC.I. The van der Waals surface area contributed by atoms with E-state index in [2.05, 4.69) is 15.3 Å². The number of aliphatic imine (C=N–C) groups is 1. The molecule has 0 saturated heterocycles. The fraction of sp³-hybridized carbons (Fsp3) is 0.200. The van der Waals surface area contributed by atoms with Gasteiger partial charge in [-0.25, -0.2) is 14.4 Å². The van der Waals surface area contributed by atoms with E-state index in [4.69, 9.17) is 15.2 Å². The Bertz CT molecular complexity index is 964. The van der Waals surface area contributed by atoms with Crippen LogP contribution < -0.4 is 20.5 Å². The van der Waals surface area contributed by atoms with Gasteiger partial charge in [0.25, 0.3) is 0 Å². The molecule has 0 atom stereocenters. The minimum atomic E-state index is -0.345. The van der Waals surface area contributed by atoms with Crippen LogP contribution >= 0.6 is 24.0 Å². The van der Waals surface area contributed by atoms with Crippen LogP contribution in [0.5, 0.6) is 11.5 Å². The summed E-state index contributed by atoms with van der Waals surface area (Å²) in [6.07, 6.45) is 4.83. The number of aromatic nitrogens is 2. The third-order valence-corrected chi connectivity index (χ3v) is 4.15. The van der Waals surface area contributed by atoms with Gasteiger partial charge >= 0.3 is 0 Å². The van der Waals surface area contributed by atoms with E-state index < -0.39 is 0 Å². The highest BCUT2D eigenvalue weighted by Crippen LogP contribution is 2.27. The van der Waals surface area contributed by atoms with Crippen molar-refractivity contribution in [2.75, 3.05) is 14.2 Å². The maximum atomic E-state index is 14.3. The molecule has 7 nitrogen and oxygen atoms in total. The predicted octanol–water partition coefficient (Wildman–Crippen LogP) is 3.25. The summed E-state index contributed by atoms with van der Waals surface area (Å²) in [6.45, 7) is 0.746. The number of nitrogens with zero attached hydrogens (tertiary/aromatic N) is 3. The highest BCUT2D eigenvalue weighted by atomic mass is 127. The number of hydrogen-bond donors (Lipinski definition) is 2. The van der Waals surface area contributed by atoms with Gasteiger partial charge in [0.1, 0.15) is 5.82 Å². The molecule has 3 N–H and O–H groups in total. The predicted molar refractivity (Wildman–Crippen MR) is 121 cm³/mol. The third kappa shape index (κ3) is 5.83. The lowest BCUT2D eigenvalue weighted by atomic mass is 10.2. The lowest BCUT2D eigenvalue weighted by molar-refractivity contribution is 0.354. The number of nitrogens with two attached hydrogens (primary N) is 1. The summed E-state index contributed by atoms with van der Waals surface area (Å²) in [7, 11) is 3.17. The van der Waals surface area contributed by atoms with E-state index in [1.165, 1.54) is 6.07 Å².